The predicted molar refractivity (Wildman–Crippen MR) is 122 cm³/mol. The number of nitrogens with zero attached hydrogens (tertiary/aromatic N) is 6. The summed E-state index contributed by atoms with van der Waals surface area (Å²) in [4.78, 5) is 28.0. The summed E-state index contributed by atoms with van der Waals surface area (Å²) in [5.41, 5.74) is 1.61. The number of nitrogens with one attached hydrogen (secondary N) is 1. The van der Waals surface area contributed by atoms with Gasteiger partial charge in [-0.05, 0) is 31.9 Å². The van der Waals surface area contributed by atoms with Crippen LogP contribution in [0.3, 0.4) is 0 Å². The van der Waals surface area contributed by atoms with Gasteiger partial charge in [-0.1, -0.05) is 6.08 Å². The molecule has 1 fully saturated rings. The molecule has 12 heteroatoms. The lowest BCUT2D eigenvalue weighted by Crippen LogP contribution is -2.51. The van der Waals surface area contributed by atoms with Crippen LogP contribution in [0.25, 0.3) is 0 Å². The van der Waals surface area contributed by atoms with Crippen LogP contribution in [0.4, 0.5) is 4.79 Å². The number of hydrogen-bond donors (Lipinski definition) is 1. The van der Waals surface area contributed by atoms with Crippen LogP contribution in [0.5, 0.6) is 0 Å². The standard InChI is InChI=1S/C22H26N7O4S/c1-22(6-7-22)25-34(32,33)17-4-5-19-18(8-17)20(30)29(14-16-10-24-27(3)12-16)21(31)28(19)13-15-9-23-26(2)11-15/h4-5,8-12,17,25H,6-7,13-14H2,1-3H3/q+1. The number of fused-ring (bicyclic) bond motifs is 1. The van der Waals surface area contributed by atoms with Crippen molar-refractivity contribution < 1.29 is 22.6 Å². The Labute approximate surface area is 197 Å². The highest BCUT2D eigenvalue weighted by molar-refractivity contribution is 7.90. The van der Waals surface area contributed by atoms with Gasteiger partial charge in [-0.25, -0.2) is 17.9 Å². The van der Waals surface area contributed by atoms with Gasteiger partial charge in [-0.2, -0.15) is 24.5 Å². The van der Waals surface area contributed by atoms with E-state index < -0.39 is 32.8 Å². The average molecular weight is 485 g/mol. The van der Waals surface area contributed by atoms with Crippen molar-refractivity contribution >= 4 is 27.7 Å². The molecule has 2 aromatic rings. The fraction of sp³-hybridized carbons (Fsp3) is 0.409. The van der Waals surface area contributed by atoms with Crippen LogP contribution in [0.15, 0.2) is 48.6 Å². The van der Waals surface area contributed by atoms with Crippen LogP contribution in [-0.2, 0) is 42.0 Å². The van der Waals surface area contributed by atoms with Crippen molar-refractivity contribution in [3.8, 4) is 0 Å². The van der Waals surface area contributed by atoms with E-state index in [1.54, 1.807) is 54.3 Å². The quantitative estimate of drug-likeness (QED) is 0.575. The zero-order valence-corrected chi connectivity index (χ0v) is 20.0. The molecule has 0 spiro atoms. The fourth-order valence-electron chi connectivity index (χ4n) is 4.14. The molecule has 0 radical (unpaired) electrons. The molecule has 11 nitrogen and oxygen atoms in total. The fourth-order valence-corrected chi connectivity index (χ4v) is 5.76. The summed E-state index contributed by atoms with van der Waals surface area (Å²) in [6, 6.07) is -0.487. The van der Waals surface area contributed by atoms with Gasteiger partial charge in [-0.15, -0.1) is 0 Å². The van der Waals surface area contributed by atoms with E-state index in [4.69, 9.17) is 0 Å². The topological polar surface area (TPSA) is 122 Å². The molecule has 34 heavy (non-hydrogen) atoms. The summed E-state index contributed by atoms with van der Waals surface area (Å²) in [6.45, 7) is 2.07. The maximum absolute atomic E-state index is 13.5. The van der Waals surface area contributed by atoms with Crippen LogP contribution in [0.1, 0.15) is 30.9 Å². The molecule has 1 N–H and O–H groups in total. The van der Waals surface area contributed by atoms with Crippen molar-refractivity contribution in [2.75, 3.05) is 0 Å². The predicted octanol–water partition coefficient (Wildman–Crippen LogP) is 0.606. The van der Waals surface area contributed by atoms with E-state index in [1.807, 2.05) is 6.92 Å². The van der Waals surface area contributed by atoms with Crippen LogP contribution >= 0.6 is 0 Å². The van der Waals surface area contributed by atoms with Gasteiger partial charge in [0.2, 0.25) is 10.0 Å². The molecule has 0 saturated heterocycles. The number of rotatable bonds is 7. The number of aryl methyl sites for hydroxylation is 2. The largest absolute Gasteiger partial charge is 0.502 e. The number of carbonyl (C=O) groups is 2. The minimum atomic E-state index is -3.74. The van der Waals surface area contributed by atoms with Gasteiger partial charge >= 0.3 is 11.9 Å². The number of urea groups is 1. The van der Waals surface area contributed by atoms with Crippen LogP contribution < -0.4 is 4.72 Å². The summed E-state index contributed by atoms with van der Waals surface area (Å²) in [7, 11) is -0.209. The monoisotopic (exact) mass is 484 g/mol. The van der Waals surface area contributed by atoms with Crippen molar-refractivity contribution in [2.24, 2.45) is 14.1 Å². The number of sulfonamides is 1. The molecule has 0 aromatic carbocycles. The Bertz CT molecular complexity index is 1390. The molecule has 1 aliphatic heterocycles. The first kappa shape index (κ1) is 22.4. The maximum atomic E-state index is 13.5. The summed E-state index contributed by atoms with van der Waals surface area (Å²) in [5.74, 6) is -0.534. The number of allylic oxidation sites excluding steroid dienone is 1. The Morgan fingerprint density at radius 3 is 2.35 bits per heavy atom. The van der Waals surface area contributed by atoms with E-state index in [2.05, 4.69) is 14.9 Å². The normalized spacial score (nSPS) is 21.7. The van der Waals surface area contributed by atoms with Gasteiger partial charge in [0.25, 0.3) is 0 Å². The Hall–Kier alpha value is -3.38. The molecule has 1 saturated carbocycles. The molecule has 2 aliphatic carbocycles. The highest BCUT2D eigenvalue weighted by Gasteiger charge is 2.47. The number of imide groups is 1. The molecule has 5 rings (SSSR count). The minimum absolute atomic E-state index is 0.0249. The van der Waals surface area contributed by atoms with Crippen LogP contribution in [0.2, 0.25) is 0 Å². The van der Waals surface area contributed by atoms with Crippen molar-refractivity contribution in [3.63, 3.8) is 0 Å². The summed E-state index contributed by atoms with van der Waals surface area (Å²) in [5, 5.41) is 7.26. The highest BCUT2D eigenvalue weighted by Crippen LogP contribution is 2.36. The molecule has 3 heterocycles. The van der Waals surface area contributed by atoms with Crippen molar-refractivity contribution in [3.05, 3.63) is 59.7 Å². The van der Waals surface area contributed by atoms with Gasteiger partial charge in [0, 0.05) is 43.2 Å². The Kier molecular flexibility index (Phi) is 5.17. The Balaban J connectivity index is 1.54. The lowest BCUT2D eigenvalue weighted by Gasteiger charge is -2.26. The lowest BCUT2D eigenvalue weighted by atomic mass is 9.99. The zero-order valence-electron chi connectivity index (χ0n) is 19.2. The number of aromatic nitrogens is 4. The second-order valence-corrected chi connectivity index (χ2v) is 11.1. The summed E-state index contributed by atoms with van der Waals surface area (Å²) >= 11 is 0. The number of carbonyl (C=O) groups excluding carboxylic acids is 2. The van der Waals surface area contributed by atoms with E-state index in [-0.39, 0.29) is 18.7 Å². The van der Waals surface area contributed by atoms with E-state index in [1.165, 1.54) is 16.7 Å². The van der Waals surface area contributed by atoms with Gasteiger partial charge in [-0.3, -0.25) is 9.36 Å². The first-order valence-corrected chi connectivity index (χ1v) is 12.5. The molecule has 178 valence electrons. The highest BCUT2D eigenvalue weighted by atomic mass is 32.2. The van der Waals surface area contributed by atoms with Gasteiger partial charge in [0.15, 0.2) is 0 Å². The molecular formula is C22H26N7O4S+. The van der Waals surface area contributed by atoms with Crippen molar-refractivity contribution in [2.45, 2.75) is 43.6 Å². The number of amides is 3. The molecule has 0 bridgehead atoms. The first-order valence-electron chi connectivity index (χ1n) is 10.9. The van der Waals surface area contributed by atoms with E-state index >= 15 is 0 Å². The molecule has 1 atom stereocenters. The SMILES string of the molecule is Cn1cc(CN2C(=O)C3=CC(S(=O)(=O)NC4(C)CC4)C=CC3=[N+](Cc3cnn(C)c3)C2=O)cn1. The van der Waals surface area contributed by atoms with Crippen molar-refractivity contribution in [1.29, 1.82) is 0 Å². The van der Waals surface area contributed by atoms with Crippen LogP contribution in [0, 0.1) is 0 Å². The second kappa shape index (κ2) is 7.84. The minimum Gasteiger partial charge on any atom is -0.275 e. The van der Waals surface area contributed by atoms with Crippen LogP contribution in [-0.4, -0.2) is 65.9 Å². The molecule has 1 unspecified atom stereocenters. The maximum Gasteiger partial charge on any atom is 0.502 e. The van der Waals surface area contributed by atoms with E-state index in [0.717, 1.165) is 23.3 Å². The average Bonchev–Trinajstić information content (AvgIpc) is 3.14. The first-order chi connectivity index (χ1) is 16.0. The molecule has 3 amide bonds. The smallest absolute Gasteiger partial charge is 0.275 e. The third-order valence-corrected chi connectivity index (χ3v) is 8.01. The third-order valence-electron chi connectivity index (χ3n) is 6.22. The Morgan fingerprint density at radius 2 is 1.76 bits per heavy atom. The summed E-state index contributed by atoms with van der Waals surface area (Å²) in [6.07, 6.45) is 12.8. The lowest BCUT2D eigenvalue weighted by molar-refractivity contribution is -0.453. The Morgan fingerprint density at radius 1 is 1.12 bits per heavy atom. The zero-order chi connectivity index (χ0) is 24.3. The second-order valence-electron chi connectivity index (χ2n) is 9.30. The summed E-state index contributed by atoms with van der Waals surface area (Å²) < 4.78 is 33.4. The van der Waals surface area contributed by atoms with E-state index in [9.17, 15) is 18.0 Å². The van der Waals surface area contributed by atoms with Gasteiger partial charge in [0.05, 0.1) is 12.4 Å². The molecular weight excluding hydrogens is 458 g/mol. The van der Waals surface area contributed by atoms with Gasteiger partial charge < -0.3 is 0 Å². The van der Waals surface area contributed by atoms with Gasteiger partial charge in [0.1, 0.15) is 29.6 Å². The molecule has 3 aliphatic rings. The third kappa shape index (κ3) is 4.14. The van der Waals surface area contributed by atoms with Crippen molar-refractivity contribution in [1.82, 2.24) is 29.2 Å². The number of hydrogen-bond acceptors (Lipinski definition) is 6. The van der Waals surface area contributed by atoms with E-state index in [0.29, 0.717) is 11.3 Å². The molecule has 2 aromatic heterocycles.